The summed E-state index contributed by atoms with van der Waals surface area (Å²) in [6, 6.07) is 6.84. The highest BCUT2D eigenvalue weighted by Crippen LogP contribution is 2.31. The summed E-state index contributed by atoms with van der Waals surface area (Å²) in [7, 11) is 0. The molecule has 0 aliphatic carbocycles. The number of carbonyl (C=O) groups is 3. The largest absolute Gasteiger partial charge is 0.356 e. The molecule has 27 heavy (non-hydrogen) atoms. The molecule has 2 aliphatic heterocycles. The minimum Gasteiger partial charge on any atom is -0.356 e. The van der Waals surface area contributed by atoms with Crippen LogP contribution >= 0.6 is 0 Å². The average Bonchev–Trinajstić information content (AvgIpc) is 3.19. The van der Waals surface area contributed by atoms with Gasteiger partial charge in [-0.3, -0.25) is 19.7 Å². The first kappa shape index (κ1) is 17.5. The normalized spacial score (nSPS) is 19.6. The molecule has 3 amide bonds. The van der Waals surface area contributed by atoms with Crippen molar-refractivity contribution in [3.05, 3.63) is 41.1 Å². The number of benzene rings is 1. The van der Waals surface area contributed by atoms with Crippen LogP contribution in [-0.2, 0) is 22.6 Å². The van der Waals surface area contributed by atoms with Gasteiger partial charge in [-0.15, -0.1) is 0 Å². The monoisotopic (exact) mass is 367 g/mol. The van der Waals surface area contributed by atoms with Crippen molar-refractivity contribution < 1.29 is 18.9 Å². The Labute approximate surface area is 156 Å². The van der Waals surface area contributed by atoms with Gasteiger partial charge in [-0.05, 0) is 36.5 Å². The van der Waals surface area contributed by atoms with Crippen LogP contribution in [0.5, 0.6) is 0 Å². The van der Waals surface area contributed by atoms with Crippen molar-refractivity contribution in [1.29, 1.82) is 0 Å². The fourth-order valence-electron chi connectivity index (χ4n) is 3.69. The van der Waals surface area contributed by atoms with E-state index in [1.165, 1.54) is 0 Å². The fourth-order valence-corrected chi connectivity index (χ4v) is 3.69. The summed E-state index contributed by atoms with van der Waals surface area (Å²) in [5.74, 6) is 0.290. The van der Waals surface area contributed by atoms with Crippen LogP contribution in [0.4, 0.5) is 0 Å². The van der Waals surface area contributed by atoms with Crippen LogP contribution in [0.1, 0.15) is 48.3 Å². The minimum absolute atomic E-state index is 0.177. The number of carbonyl (C=O) groups excluding carboxylic acids is 3. The molecule has 140 valence electrons. The molecule has 2 aromatic rings. The van der Waals surface area contributed by atoms with Crippen molar-refractivity contribution in [2.45, 2.75) is 45.7 Å². The van der Waals surface area contributed by atoms with E-state index in [1.54, 1.807) is 11.0 Å². The van der Waals surface area contributed by atoms with E-state index in [0.29, 0.717) is 30.2 Å². The summed E-state index contributed by atoms with van der Waals surface area (Å²) in [6.45, 7) is 4.60. The van der Waals surface area contributed by atoms with Crippen molar-refractivity contribution in [2.24, 2.45) is 5.92 Å². The molecular formula is C20H21N3O4. The zero-order chi connectivity index (χ0) is 19.1. The van der Waals surface area contributed by atoms with Crippen LogP contribution in [0, 0.1) is 5.92 Å². The minimum atomic E-state index is -0.603. The number of aromatic nitrogens is 1. The van der Waals surface area contributed by atoms with Crippen molar-refractivity contribution >= 4 is 17.7 Å². The van der Waals surface area contributed by atoms with Gasteiger partial charge in [-0.2, -0.15) is 0 Å². The number of imide groups is 1. The number of hydrogen-bond donors (Lipinski definition) is 1. The molecule has 4 rings (SSSR count). The second-order valence-electron chi connectivity index (χ2n) is 7.55. The number of hydrogen-bond acceptors (Lipinski definition) is 5. The Morgan fingerprint density at radius 3 is 2.81 bits per heavy atom. The molecule has 0 bridgehead atoms. The third kappa shape index (κ3) is 3.25. The van der Waals surface area contributed by atoms with Crippen molar-refractivity contribution in [2.75, 3.05) is 0 Å². The van der Waals surface area contributed by atoms with Crippen LogP contribution in [0.25, 0.3) is 11.3 Å². The number of amides is 3. The molecule has 0 radical (unpaired) electrons. The molecule has 1 saturated heterocycles. The van der Waals surface area contributed by atoms with Crippen molar-refractivity contribution in [1.82, 2.24) is 15.4 Å². The Morgan fingerprint density at radius 1 is 1.26 bits per heavy atom. The highest BCUT2D eigenvalue weighted by molar-refractivity contribution is 6.05. The van der Waals surface area contributed by atoms with E-state index in [9.17, 15) is 14.4 Å². The van der Waals surface area contributed by atoms with Gasteiger partial charge >= 0.3 is 0 Å². The SMILES string of the molecule is CC(C)Cc1cc(-c2ccc3c(c2)CN(C2CCC(=O)NC2=O)C3=O)on1. The molecule has 1 aromatic carbocycles. The van der Waals surface area contributed by atoms with Gasteiger partial charge in [0, 0.05) is 30.2 Å². The maximum atomic E-state index is 12.7. The van der Waals surface area contributed by atoms with Gasteiger partial charge < -0.3 is 9.42 Å². The van der Waals surface area contributed by atoms with E-state index < -0.39 is 11.9 Å². The lowest BCUT2D eigenvalue weighted by atomic mass is 10.0. The zero-order valence-electron chi connectivity index (χ0n) is 15.3. The molecule has 7 nitrogen and oxygen atoms in total. The first-order valence-electron chi connectivity index (χ1n) is 9.16. The second kappa shape index (κ2) is 6.64. The van der Waals surface area contributed by atoms with Crippen molar-refractivity contribution in [3.8, 4) is 11.3 Å². The Morgan fingerprint density at radius 2 is 2.07 bits per heavy atom. The van der Waals surface area contributed by atoms with E-state index in [-0.39, 0.29) is 18.2 Å². The number of piperidine rings is 1. The lowest BCUT2D eigenvalue weighted by Crippen LogP contribution is -2.52. The Balaban J connectivity index is 1.56. The highest BCUT2D eigenvalue weighted by atomic mass is 16.5. The predicted molar refractivity (Wildman–Crippen MR) is 96.5 cm³/mol. The lowest BCUT2D eigenvalue weighted by molar-refractivity contribution is -0.136. The summed E-state index contributed by atoms with van der Waals surface area (Å²) in [6.07, 6.45) is 1.45. The molecule has 7 heteroatoms. The molecule has 1 unspecified atom stereocenters. The van der Waals surface area contributed by atoms with E-state index in [1.807, 2.05) is 18.2 Å². The van der Waals surface area contributed by atoms with Crippen LogP contribution in [-0.4, -0.2) is 33.8 Å². The summed E-state index contributed by atoms with van der Waals surface area (Å²) < 4.78 is 5.46. The van der Waals surface area contributed by atoms with Crippen LogP contribution in [0.15, 0.2) is 28.8 Å². The van der Waals surface area contributed by atoms with Crippen LogP contribution in [0.2, 0.25) is 0 Å². The number of rotatable bonds is 4. The molecule has 1 aromatic heterocycles. The fraction of sp³-hybridized carbons (Fsp3) is 0.400. The Hall–Kier alpha value is -2.96. The first-order valence-corrected chi connectivity index (χ1v) is 9.16. The Bertz CT molecular complexity index is 931. The molecule has 1 fully saturated rings. The van der Waals surface area contributed by atoms with E-state index in [4.69, 9.17) is 4.52 Å². The van der Waals surface area contributed by atoms with Crippen LogP contribution in [0.3, 0.4) is 0 Å². The van der Waals surface area contributed by atoms with Gasteiger partial charge in [0.15, 0.2) is 5.76 Å². The Kier molecular flexibility index (Phi) is 4.30. The zero-order valence-corrected chi connectivity index (χ0v) is 15.3. The predicted octanol–water partition coefficient (Wildman–Crippen LogP) is 2.30. The standard InChI is InChI=1S/C20H21N3O4/c1-11(2)7-14-9-17(27-22-14)12-3-4-15-13(8-12)10-23(20(15)26)16-5-6-18(24)21-19(16)25/h3-4,8-9,11,16H,5-7,10H2,1-2H3,(H,21,24,25). The smallest absolute Gasteiger partial charge is 0.255 e. The molecule has 0 saturated carbocycles. The molecule has 0 spiro atoms. The molecule has 1 atom stereocenters. The number of nitrogens with zero attached hydrogens (tertiary/aromatic N) is 2. The maximum Gasteiger partial charge on any atom is 0.255 e. The van der Waals surface area contributed by atoms with Crippen molar-refractivity contribution in [3.63, 3.8) is 0 Å². The van der Waals surface area contributed by atoms with Gasteiger partial charge in [-0.1, -0.05) is 25.1 Å². The number of nitrogens with one attached hydrogen (secondary N) is 1. The van der Waals surface area contributed by atoms with Gasteiger partial charge in [0.2, 0.25) is 11.8 Å². The van der Waals surface area contributed by atoms with Gasteiger partial charge in [-0.25, -0.2) is 0 Å². The molecule has 1 N–H and O–H groups in total. The second-order valence-corrected chi connectivity index (χ2v) is 7.55. The molecule has 2 aliphatic rings. The van der Waals surface area contributed by atoms with E-state index >= 15 is 0 Å². The summed E-state index contributed by atoms with van der Waals surface area (Å²) in [5, 5.41) is 6.42. The highest BCUT2D eigenvalue weighted by Gasteiger charge is 2.39. The van der Waals surface area contributed by atoms with E-state index in [0.717, 1.165) is 23.2 Å². The molecular weight excluding hydrogens is 346 g/mol. The third-order valence-corrected chi connectivity index (χ3v) is 4.98. The van der Waals surface area contributed by atoms with Gasteiger partial charge in [0.25, 0.3) is 5.91 Å². The van der Waals surface area contributed by atoms with Crippen LogP contribution < -0.4 is 5.32 Å². The quantitative estimate of drug-likeness (QED) is 0.837. The lowest BCUT2D eigenvalue weighted by Gasteiger charge is -2.29. The first-order chi connectivity index (χ1) is 12.9. The third-order valence-electron chi connectivity index (χ3n) is 4.98. The van der Waals surface area contributed by atoms with Gasteiger partial charge in [0.05, 0.1) is 5.69 Å². The van der Waals surface area contributed by atoms with E-state index in [2.05, 4.69) is 24.3 Å². The van der Waals surface area contributed by atoms with Gasteiger partial charge in [0.1, 0.15) is 6.04 Å². The topological polar surface area (TPSA) is 92.5 Å². The summed E-state index contributed by atoms with van der Waals surface area (Å²) in [5.41, 5.74) is 3.20. The summed E-state index contributed by atoms with van der Waals surface area (Å²) in [4.78, 5) is 37.7. The maximum absolute atomic E-state index is 12.7. The molecule has 3 heterocycles. The number of fused-ring (bicyclic) bond motifs is 1. The average molecular weight is 367 g/mol. The summed E-state index contributed by atoms with van der Waals surface area (Å²) >= 11 is 0.